The second kappa shape index (κ2) is 5.10. The van der Waals surface area contributed by atoms with Gasteiger partial charge in [-0.15, -0.1) is 11.3 Å². The molecule has 3 heteroatoms. The van der Waals surface area contributed by atoms with Crippen LogP contribution in [0.4, 0.5) is 0 Å². The third-order valence-corrected chi connectivity index (χ3v) is 4.11. The lowest BCUT2D eigenvalue weighted by Crippen LogP contribution is -1.89. The molecular weight excluding hydrogens is 252 g/mol. The number of aryl methyl sites for hydroxylation is 2. The molecule has 0 bridgehead atoms. The molecule has 0 spiro atoms. The maximum absolute atomic E-state index is 4.73. The number of hydrogen-bond acceptors (Lipinski definition) is 3. The van der Waals surface area contributed by atoms with E-state index in [4.69, 9.17) is 4.98 Å². The Morgan fingerprint density at radius 2 is 2.00 bits per heavy atom. The molecule has 19 heavy (non-hydrogen) atoms. The van der Waals surface area contributed by atoms with Crippen molar-refractivity contribution >= 4 is 22.2 Å². The number of para-hydroxylation sites is 1. The fourth-order valence-corrected chi connectivity index (χ4v) is 3.07. The molecule has 2 heterocycles. The number of aromatic nitrogens is 2. The lowest BCUT2D eigenvalue weighted by molar-refractivity contribution is 0.893. The molecule has 0 unspecified atom stereocenters. The summed E-state index contributed by atoms with van der Waals surface area (Å²) in [6, 6.07) is 10.4. The number of rotatable bonds is 3. The third-order valence-electron chi connectivity index (χ3n) is 3.20. The van der Waals surface area contributed by atoms with E-state index in [2.05, 4.69) is 48.5 Å². The fraction of sp³-hybridized carbons (Fsp3) is 0.250. The molecule has 0 atom stereocenters. The molecule has 2 nitrogen and oxygen atoms in total. The summed E-state index contributed by atoms with van der Waals surface area (Å²) in [6.45, 7) is 4.31. The van der Waals surface area contributed by atoms with Gasteiger partial charge in [-0.05, 0) is 31.0 Å². The fourth-order valence-electron chi connectivity index (χ4n) is 2.25. The van der Waals surface area contributed by atoms with Crippen molar-refractivity contribution in [3.63, 3.8) is 0 Å². The van der Waals surface area contributed by atoms with Crippen molar-refractivity contribution in [2.24, 2.45) is 0 Å². The average Bonchev–Trinajstić information content (AvgIpc) is 2.88. The topological polar surface area (TPSA) is 25.8 Å². The van der Waals surface area contributed by atoms with Crippen LogP contribution in [0.2, 0.25) is 0 Å². The molecule has 0 aliphatic rings. The number of fused-ring (bicyclic) bond motifs is 1. The van der Waals surface area contributed by atoms with E-state index in [0.29, 0.717) is 0 Å². The Kier molecular flexibility index (Phi) is 3.30. The summed E-state index contributed by atoms with van der Waals surface area (Å²) in [5.41, 5.74) is 4.47. The first-order chi connectivity index (χ1) is 9.28. The molecule has 0 saturated heterocycles. The van der Waals surface area contributed by atoms with Crippen LogP contribution in [-0.4, -0.2) is 9.97 Å². The molecule has 0 fully saturated rings. The molecule has 0 aliphatic carbocycles. The van der Waals surface area contributed by atoms with E-state index in [1.165, 1.54) is 16.6 Å². The SMILES string of the molecule is CCCc1csc(-c2cc(C)c3ccccc3n2)n1. The second-order valence-corrected chi connectivity index (χ2v) is 5.59. The highest BCUT2D eigenvalue weighted by molar-refractivity contribution is 7.13. The maximum atomic E-state index is 4.73. The van der Waals surface area contributed by atoms with Crippen molar-refractivity contribution in [1.82, 2.24) is 9.97 Å². The Morgan fingerprint density at radius 3 is 2.84 bits per heavy atom. The number of nitrogens with zero attached hydrogens (tertiary/aromatic N) is 2. The minimum atomic E-state index is 0.989. The highest BCUT2D eigenvalue weighted by Crippen LogP contribution is 2.27. The highest BCUT2D eigenvalue weighted by Gasteiger charge is 2.08. The normalized spacial score (nSPS) is 11.1. The lowest BCUT2D eigenvalue weighted by Gasteiger charge is -2.04. The summed E-state index contributed by atoms with van der Waals surface area (Å²) in [5, 5.41) is 4.39. The van der Waals surface area contributed by atoms with Gasteiger partial charge in [-0.3, -0.25) is 0 Å². The molecule has 0 saturated carbocycles. The molecule has 0 aliphatic heterocycles. The monoisotopic (exact) mass is 268 g/mol. The van der Waals surface area contributed by atoms with Crippen LogP contribution in [0.5, 0.6) is 0 Å². The van der Waals surface area contributed by atoms with Crippen molar-refractivity contribution in [2.45, 2.75) is 26.7 Å². The van der Waals surface area contributed by atoms with Gasteiger partial charge in [0.2, 0.25) is 0 Å². The summed E-state index contributed by atoms with van der Waals surface area (Å²) >= 11 is 1.69. The minimum absolute atomic E-state index is 0.989. The summed E-state index contributed by atoms with van der Waals surface area (Å²) in [6.07, 6.45) is 2.18. The van der Waals surface area contributed by atoms with Crippen molar-refractivity contribution in [3.05, 3.63) is 47.0 Å². The van der Waals surface area contributed by atoms with E-state index in [0.717, 1.165) is 29.1 Å². The first-order valence-electron chi connectivity index (χ1n) is 6.59. The van der Waals surface area contributed by atoms with E-state index in [1.54, 1.807) is 11.3 Å². The van der Waals surface area contributed by atoms with Crippen LogP contribution < -0.4 is 0 Å². The molecule has 96 valence electrons. The van der Waals surface area contributed by atoms with Crippen LogP contribution in [0.25, 0.3) is 21.6 Å². The largest absolute Gasteiger partial charge is 0.245 e. The Morgan fingerprint density at radius 1 is 1.16 bits per heavy atom. The standard InChI is InChI=1S/C16H16N2S/c1-3-6-12-10-19-16(17-12)15-9-11(2)13-7-4-5-8-14(13)18-15/h4-5,7-10H,3,6H2,1-2H3. The number of hydrogen-bond donors (Lipinski definition) is 0. The molecule has 1 aromatic carbocycles. The van der Waals surface area contributed by atoms with Gasteiger partial charge in [0.25, 0.3) is 0 Å². The van der Waals surface area contributed by atoms with Gasteiger partial charge in [0, 0.05) is 10.8 Å². The molecule has 3 rings (SSSR count). The minimum Gasteiger partial charge on any atom is -0.245 e. The first kappa shape index (κ1) is 12.3. The summed E-state index contributed by atoms with van der Waals surface area (Å²) in [7, 11) is 0. The van der Waals surface area contributed by atoms with Gasteiger partial charge < -0.3 is 0 Å². The van der Waals surface area contributed by atoms with Gasteiger partial charge in [-0.1, -0.05) is 31.5 Å². The zero-order valence-corrected chi connectivity index (χ0v) is 12.0. The van der Waals surface area contributed by atoms with Crippen LogP contribution in [0.1, 0.15) is 24.6 Å². The Balaban J connectivity index is 2.09. The number of benzene rings is 1. The van der Waals surface area contributed by atoms with Gasteiger partial charge in [0.05, 0.1) is 16.9 Å². The lowest BCUT2D eigenvalue weighted by atomic mass is 10.1. The Bertz CT molecular complexity index is 716. The molecule has 0 radical (unpaired) electrons. The second-order valence-electron chi connectivity index (χ2n) is 4.74. The van der Waals surface area contributed by atoms with Crippen molar-refractivity contribution < 1.29 is 0 Å². The zero-order chi connectivity index (χ0) is 13.2. The van der Waals surface area contributed by atoms with Gasteiger partial charge in [0.15, 0.2) is 0 Å². The van der Waals surface area contributed by atoms with Crippen molar-refractivity contribution in [2.75, 3.05) is 0 Å². The molecule has 0 amide bonds. The summed E-state index contributed by atoms with van der Waals surface area (Å²) in [4.78, 5) is 9.40. The Labute approximate surface area is 117 Å². The summed E-state index contributed by atoms with van der Waals surface area (Å²) < 4.78 is 0. The van der Waals surface area contributed by atoms with Crippen molar-refractivity contribution in [1.29, 1.82) is 0 Å². The van der Waals surface area contributed by atoms with Gasteiger partial charge >= 0.3 is 0 Å². The van der Waals surface area contributed by atoms with E-state index in [1.807, 2.05) is 6.07 Å². The van der Waals surface area contributed by atoms with Crippen LogP contribution in [0.15, 0.2) is 35.7 Å². The zero-order valence-electron chi connectivity index (χ0n) is 11.2. The Hall–Kier alpha value is -1.74. The van der Waals surface area contributed by atoms with Gasteiger partial charge in [0.1, 0.15) is 5.01 Å². The number of pyridine rings is 1. The predicted molar refractivity (Wildman–Crippen MR) is 81.6 cm³/mol. The molecule has 2 aromatic heterocycles. The quantitative estimate of drug-likeness (QED) is 0.692. The van der Waals surface area contributed by atoms with Gasteiger partial charge in [-0.25, -0.2) is 9.97 Å². The van der Waals surface area contributed by atoms with Crippen LogP contribution in [0.3, 0.4) is 0 Å². The molecule has 3 aromatic rings. The van der Waals surface area contributed by atoms with E-state index in [9.17, 15) is 0 Å². The first-order valence-corrected chi connectivity index (χ1v) is 7.47. The predicted octanol–water partition coefficient (Wildman–Crippen LogP) is 4.62. The number of thiazole rings is 1. The van der Waals surface area contributed by atoms with Crippen LogP contribution in [-0.2, 0) is 6.42 Å². The highest BCUT2D eigenvalue weighted by atomic mass is 32.1. The smallest absolute Gasteiger partial charge is 0.142 e. The van der Waals surface area contributed by atoms with Crippen LogP contribution >= 0.6 is 11.3 Å². The van der Waals surface area contributed by atoms with E-state index in [-0.39, 0.29) is 0 Å². The van der Waals surface area contributed by atoms with E-state index >= 15 is 0 Å². The van der Waals surface area contributed by atoms with Gasteiger partial charge in [-0.2, -0.15) is 0 Å². The van der Waals surface area contributed by atoms with Crippen molar-refractivity contribution in [3.8, 4) is 10.7 Å². The third kappa shape index (κ3) is 2.38. The van der Waals surface area contributed by atoms with E-state index < -0.39 is 0 Å². The maximum Gasteiger partial charge on any atom is 0.142 e. The molecular formula is C16H16N2S. The average molecular weight is 268 g/mol. The van der Waals surface area contributed by atoms with Crippen LogP contribution in [0, 0.1) is 6.92 Å². The summed E-state index contributed by atoms with van der Waals surface area (Å²) in [5.74, 6) is 0. The molecule has 0 N–H and O–H groups in total.